The van der Waals surface area contributed by atoms with Crippen molar-refractivity contribution < 1.29 is 14.6 Å². The lowest BCUT2D eigenvalue weighted by atomic mass is 10.0. The molecule has 1 unspecified atom stereocenters. The molecule has 0 saturated carbocycles. The number of carbonyl (C=O) groups is 1. The minimum atomic E-state index is -0.106. The molecule has 0 aliphatic heterocycles. The Balaban J connectivity index is 3.21. The quantitative estimate of drug-likeness (QED) is 0.272. The second kappa shape index (κ2) is 17.8. The van der Waals surface area contributed by atoms with Crippen LogP contribution in [0.2, 0.25) is 0 Å². The Labute approximate surface area is 144 Å². The Hall–Kier alpha value is -0.570. The summed E-state index contributed by atoms with van der Waals surface area (Å²) in [6.07, 6.45) is 17.0. The summed E-state index contributed by atoms with van der Waals surface area (Å²) in [7, 11) is 0. The van der Waals surface area contributed by atoms with Gasteiger partial charge in [-0.1, -0.05) is 77.6 Å². The number of rotatable bonds is 17. The molecule has 3 nitrogen and oxygen atoms in total. The third-order valence-corrected chi connectivity index (χ3v) is 4.36. The molecule has 0 spiro atoms. The summed E-state index contributed by atoms with van der Waals surface area (Å²) in [5.41, 5.74) is 0. The van der Waals surface area contributed by atoms with Gasteiger partial charge in [0.15, 0.2) is 0 Å². The van der Waals surface area contributed by atoms with Crippen LogP contribution in [-0.2, 0) is 9.53 Å². The Kier molecular flexibility index (Phi) is 17.3. The second-order valence-electron chi connectivity index (χ2n) is 6.68. The number of esters is 1. The van der Waals surface area contributed by atoms with Crippen LogP contribution in [0.1, 0.15) is 110 Å². The zero-order valence-corrected chi connectivity index (χ0v) is 15.7. The first-order valence-electron chi connectivity index (χ1n) is 10.0. The molecule has 0 heterocycles. The number of aliphatic hydroxyl groups is 1. The van der Waals surface area contributed by atoms with Gasteiger partial charge in [0, 0.05) is 6.42 Å². The average molecular weight is 329 g/mol. The molecule has 23 heavy (non-hydrogen) atoms. The molecule has 0 aromatic heterocycles. The summed E-state index contributed by atoms with van der Waals surface area (Å²) in [6, 6.07) is 0. The lowest BCUT2D eigenvalue weighted by molar-refractivity contribution is -0.143. The van der Waals surface area contributed by atoms with E-state index in [1.54, 1.807) is 0 Å². The van der Waals surface area contributed by atoms with Crippen molar-refractivity contribution in [3.63, 3.8) is 0 Å². The van der Waals surface area contributed by atoms with Gasteiger partial charge in [-0.05, 0) is 26.2 Å². The van der Waals surface area contributed by atoms with E-state index in [9.17, 15) is 9.90 Å². The number of hydrogen-bond acceptors (Lipinski definition) is 3. The molecular formula is C20H40O3. The van der Waals surface area contributed by atoms with E-state index in [1.165, 1.54) is 44.9 Å². The minimum Gasteiger partial charge on any atom is -0.466 e. The number of hydrogen-bond donors (Lipinski definition) is 1. The van der Waals surface area contributed by atoms with E-state index < -0.39 is 0 Å². The van der Waals surface area contributed by atoms with Gasteiger partial charge in [0.2, 0.25) is 0 Å². The van der Waals surface area contributed by atoms with Crippen molar-refractivity contribution in [2.75, 3.05) is 6.61 Å². The predicted molar refractivity (Wildman–Crippen MR) is 97.6 cm³/mol. The van der Waals surface area contributed by atoms with Crippen LogP contribution in [0.3, 0.4) is 0 Å². The highest BCUT2D eigenvalue weighted by Gasteiger charge is 2.04. The molecule has 3 heteroatoms. The summed E-state index contributed by atoms with van der Waals surface area (Å²) < 4.78 is 4.90. The maximum atomic E-state index is 11.2. The summed E-state index contributed by atoms with van der Waals surface area (Å²) in [5.74, 6) is -0.0717. The van der Waals surface area contributed by atoms with E-state index in [2.05, 4.69) is 6.92 Å². The maximum Gasteiger partial charge on any atom is 0.305 e. The fourth-order valence-corrected chi connectivity index (χ4v) is 2.89. The van der Waals surface area contributed by atoms with E-state index in [-0.39, 0.29) is 12.1 Å². The van der Waals surface area contributed by atoms with Crippen molar-refractivity contribution in [2.24, 2.45) is 0 Å². The third kappa shape index (κ3) is 17.6. The smallest absolute Gasteiger partial charge is 0.305 e. The maximum absolute atomic E-state index is 11.2. The fraction of sp³-hybridized carbons (Fsp3) is 0.950. The summed E-state index contributed by atoms with van der Waals surface area (Å²) in [5, 5.41) is 9.96. The molecule has 0 aliphatic carbocycles. The van der Waals surface area contributed by atoms with Gasteiger partial charge in [-0.25, -0.2) is 0 Å². The molecule has 0 amide bonds. The highest BCUT2D eigenvalue weighted by atomic mass is 16.5. The van der Waals surface area contributed by atoms with E-state index in [1.807, 2.05) is 6.92 Å². The van der Waals surface area contributed by atoms with Crippen LogP contribution in [0, 0.1) is 0 Å². The Bertz CT molecular complexity index is 253. The van der Waals surface area contributed by atoms with Gasteiger partial charge < -0.3 is 9.84 Å². The molecule has 0 rings (SSSR count). The number of carbonyl (C=O) groups excluding carboxylic acids is 1. The molecular weight excluding hydrogens is 288 g/mol. The van der Waals surface area contributed by atoms with Crippen LogP contribution in [0.5, 0.6) is 0 Å². The zero-order chi connectivity index (χ0) is 17.2. The highest BCUT2D eigenvalue weighted by molar-refractivity contribution is 5.69. The van der Waals surface area contributed by atoms with Gasteiger partial charge in [-0.3, -0.25) is 4.79 Å². The van der Waals surface area contributed by atoms with Crippen LogP contribution in [0.4, 0.5) is 0 Å². The first-order chi connectivity index (χ1) is 11.2. The molecule has 0 fully saturated rings. The van der Waals surface area contributed by atoms with Gasteiger partial charge in [-0.15, -0.1) is 0 Å². The van der Waals surface area contributed by atoms with E-state index >= 15 is 0 Å². The van der Waals surface area contributed by atoms with Crippen molar-refractivity contribution in [1.29, 1.82) is 0 Å². The number of unbranched alkanes of at least 4 members (excludes halogenated alkanes) is 10. The van der Waals surface area contributed by atoms with Crippen molar-refractivity contribution in [1.82, 2.24) is 0 Å². The standard InChI is InChI=1S/C20H40O3/c1-3-5-6-7-8-10-13-16-19(21)17-14-11-9-12-15-18-20(22)23-4-2/h19,21H,3-18H2,1-2H3. The van der Waals surface area contributed by atoms with Crippen LogP contribution >= 0.6 is 0 Å². The minimum absolute atomic E-state index is 0.0717. The van der Waals surface area contributed by atoms with Crippen LogP contribution < -0.4 is 0 Å². The molecule has 0 saturated heterocycles. The first kappa shape index (κ1) is 22.4. The van der Waals surface area contributed by atoms with Crippen molar-refractivity contribution in [3.05, 3.63) is 0 Å². The Morgan fingerprint density at radius 2 is 1.26 bits per heavy atom. The zero-order valence-electron chi connectivity index (χ0n) is 15.7. The van der Waals surface area contributed by atoms with Gasteiger partial charge in [0.05, 0.1) is 12.7 Å². The summed E-state index contributed by atoms with van der Waals surface area (Å²) >= 11 is 0. The van der Waals surface area contributed by atoms with Crippen LogP contribution in [0.15, 0.2) is 0 Å². The molecule has 1 N–H and O–H groups in total. The van der Waals surface area contributed by atoms with E-state index in [0.717, 1.165) is 44.9 Å². The normalized spacial score (nSPS) is 12.3. The molecule has 0 aliphatic rings. The Morgan fingerprint density at radius 3 is 1.78 bits per heavy atom. The summed E-state index contributed by atoms with van der Waals surface area (Å²) in [6.45, 7) is 4.57. The second-order valence-corrected chi connectivity index (χ2v) is 6.68. The van der Waals surface area contributed by atoms with Crippen LogP contribution in [0.25, 0.3) is 0 Å². The lowest BCUT2D eigenvalue weighted by Gasteiger charge is -2.10. The molecule has 0 aromatic rings. The monoisotopic (exact) mass is 328 g/mol. The fourth-order valence-electron chi connectivity index (χ4n) is 2.89. The number of ether oxygens (including phenoxy) is 1. The average Bonchev–Trinajstić information content (AvgIpc) is 2.53. The lowest BCUT2D eigenvalue weighted by Crippen LogP contribution is -2.06. The largest absolute Gasteiger partial charge is 0.466 e. The van der Waals surface area contributed by atoms with Gasteiger partial charge in [0.25, 0.3) is 0 Å². The van der Waals surface area contributed by atoms with Crippen molar-refractivity contribution in [3.8, 4) is 0 Å². The van der Waals surface area contributed by atoms with Crippen molar-refractivity contribution >= 4 is 5.97 Å². The molecule has 0 aromatic carbocycles. The molecule has 138 valence electrons. The third-order valence-electron chi connectivity index (χ3n) is 4.36. The molecule has 0 radical (unpaired) electrons. The first-order valence-corrected chi connectivity index (χ1v) is 10.0. The van der Waals surface area contributed by atoms with Crippen molar-refractivity contribution in [2.45, 2.75) is 116 Å². The molecule has 1 atom stereocenters. The SMILES string of the molecule is CCCCCCCCCC(O)CCCCCCCC(=O)OCC. The van der Waals surface area contributed by atoms with E-state index in [4.69, 9.17) is 4.74 Å². The number of aliphatic hydroxyl groups excluding tert-OH is 1. The topological polar surface area (TPSA) is 46.5 Å². The van der Waals surface area contributed by atoms with Gasteiger partial charge in [-0.2, -0.15) is 0 Å². The molecule has 0 bridgehead atoms. The highest BCUT2D eigenvalue weighted by Crippen LogP contribution is 2.14. The predicted octanol–water partition coefficient (Wildman–Crippen LogP) is 5.78. The Morgan fingerprint density at radius 1 is 0.783 bits per heavy atom. The van der Waals surface area contributed by atoms with Crippen LogP contribution in [-0.4, -0.2) is 23.8 Å². The van der Waals surface area contributed by atoms with Gasteiger partial charge >= 0.3 is 5.97 Å². The van der Waals surface area contributed by atoms with E-state index in [0.29, 0.717) is 13.0 Å². The summed E-state index contributed by atoms with van der Waals surface area (Å²) in [4.78, 5) is 11.2. The van der Waals surface area contributed by atoms with Gasteiger partial charge in [0.1, 0.15) is 0 Å².